The molecule has 8 nitrogen and oxygen atoms in total. The molecule has 0 bridgehead atoms. The van der Waals surface area contributed by atoms with E-state index in [4.69, 9.17) is 4.74 Å². The van der Waals surface area contributed by atoms with Crippen molar-refractivity contribution in [1.82, 2.24) is 9.80 Å². The van der Waals surface area contributed by atoms with Gasteiger partial charge in [-0.1, -0.05) is 68.5 Å². The van der Waals surface area contributed by atoms with E-state index < -0.39 is 28.7 Å². The summed E-state index contributed by atoms with van der Waals surface area (Å²) in [6.07, 6.45) is 8.06. The maximum absolute atomic E-state index is 14.6. The van der Waals surface area contributed by atoms with Crippen LogP contribution in [0.15, 0.2) is 78.9 Å². The summed E-state index contributed by atoms with van der Waals surface area (Å²) in [5.41, 5.74) is 1.74. The third kappa shape index (κ3) is 4.96. The average molecular weight is 602 g/mol. The van der Waals surface area contributed by atoms with Crippen LogP contribution in [0, 0.1) is 17.8 Å². The number of amides is 3. The molecular weight excluding hydrogens is 562 g/mol. The van der Waals surface area contributed by atoms with Gasteiger partial charge in [-0.15, -0.1) is 11.8 Å². The Labute approximate surface area is 257 Å². The van der Waals surface area contributed by atoms with Crippen molar-refractivity contribution in [1.29, 1.82) is 0 Å². The topological polar surface area (TPSA) is 90.4 Å². The Kier molecular flexibility index (Phi) is 8.13. The first-order chi connectivity index (χ1) is 20.8. The molecule has 2 fully saturated rings. The van der Waals surface area contributed by atoms with Crippen molar-refractivity contribution < 1.29 is 24.2 Å². The second-order valence-corrected chi connectivity index (χ2v) is 13.5. The molecule has 4 aliphatic heterocycles. The highest BCUT2D eigenvalue weighted by atomic mass is 32.2. The average Bonchev–Trinajstić information content (AvgIpc) is 3.32. The number of hydrogen-bond acceptors (Lipinski definition) is 6. The van der Waals surface area contributed by atoms with Crippen LogP contribution < -0.4 is 9.64 Å². The van der Waals surface area contributed by atoms with Crippen LogP contribution in [-0.4, -0.2) is 81.0 Å². The summed E-state index contributed by atoms with van der Waals surface area (Å²) in [4.78, 5) is 48.8. The normalized spacial score (nSPS) is 29.0. The van der Waals surface area contributed by atoms with E-state index in [0.717, 1.165) is 17.0 Å². The van der Waals surface area contributed by atoms with Gasteiger partial charge in [-0.25, -0.2) is 0 Å². The van der Waals surface area contributed by atoms with Gasteiger partial charge in [0.05, 0.1) is 35.8 Å². The first-order valence-corrected chi connectivity index (χ1v) is 16.0. The second kappa shape index (κ2) is 11.8. The first kappa shape index (κ1) is 29.5. The van der Waals surface area contributed by atoms with E-state index in [9.17, 15) is 19.5 Å². The Morgan fingerprint density at radius 1 is 0.977 bits per heavy atom. The molecule has 6 atom stereocenters. The number of anilines is 1. The van der Waals surface area contributed by atoms with E-state index in [0.29, 0.717) is 26.2 Å². The zero-order valence-electron chi connectivity index (χ0n) is 24.8. The van der Waals surface area contributed by atoms with Gasteiger partial charge >= 0.3 is 0 Å². The molecule has 4 aliphatic rings. The predicted octanol–water partition coefficient (Wildman–Crippen LogP) is 3.90. The number of aliphatic hydroxyl groups is 1. The van der Waals surface area contributed by atoms with Crippen LogP contribution in [0.2, 0.25) is 0 Å². The van der Waals surface area contributed by atoms with Crippen molar-refractivity contribution in [3.63, 3.8) is 0 Å². The Hall–Kier alpha value is -3.56. The molecule has 2 saturated heterocycles. The summed E-state index contributed by atoms with van der Waals surface area (Å²) in [5, 5.41) is 10.3. The van der Waals surface area contributed by atoms with Crippen LogP contribution in [0.5, 0.6) is 5.75 Å². The molecule has 0 saturated carbocycles. The summed E-state index contributed by atoms with van der Waals surface area (Å²) in [5.74, 6) is -1.25. The van der Waals surface area contributed by atoms with E-state index >= 15 is 0 Å². The lowest BCUT2D eigenvalue weighted by Gasteiger charge is -2.39. The molecule has 1 unspecified atom stereocenters. The maximum atomic E-state index is 14.6. The molecule has 9 heteroatoms. The van der Waals surface area contributed by atoms with E-state index in [1.807, 2.05) is 99.7 Å². The van der Waals surface area contributed by atoms with Gasteiger partial charge in [-0.2, -0.15) is 0 Å². The Morgan fingerprint density at radius 2 is 1.72 bits per heavy atom. The third-order valence-corrected chi connectivity index (χ3v) is 10.9. The smallest absolute Gasteiger partial charge is 0.247 e. The molecule has 2 aromatic rings. The van der Waals surface area contributed by atoms with Gasteiger partial charge in [0.25, 0.3) is 0 Å². The van der Waals surface area contributed by atoms with Gasteiger partial charge in [0.2, 0.25) is 17.7 Å². The SMILES string of the molecule is CCOc1ccc(N2CC=C[C@@H]3S[C@]45C=CCN(Cc6ccccc6)C(=O)C4N([C@@H](CO)C(C)C)C(=O)[C@@H]5[C@@H]3C2=O)cc1. The lowest BCUT2D eigenvalue weighted by atomic mass is 9.78. The summed E-state index contributed by atoms with van der Waals surface area (Å²) in [6, 6.07) is 15.9. The van der Waals surface area contributed by atoms with Crippen LogP contribution in [0.3, 0.4) is 0 Å². The monoisotopic (exact) mass is 601 g/mol. The molecule has 1 N–H and O–H groups in total. The number of fused-ring (bicyclic) bond motifs is 2. The van der Waals surface area contributed by atoms with Crippen LogP contribution in [0.1, 0.15) is 26.3 Å². The lowest BCUT2D eigenvalue weighted by Crippen LogP contribution is -2.57. The van der Waals surface area contributed by atoms with Gasteiger partial charge in [0.15, 0.2) is 0 Å². The number of carbonyl (C=O) groups excluding carboxylic acids is 3. The number of hydrogen-bond donors (Lipinski definition) is 1. The first-order valence-electron chi connectivity index (χ1n) is 15.1. The quantitative estimate of drug-likeness (QED) is 0.462. The summed E-state index contributed by atoms with van der Waals surface area (Å²) < 4.78 is 4.66. The fourth-order valence-electron chi connectivity index (χ4n) is 7.17. The largest absolute Gasteiger partial charge is 0.494 e. The van der Waals surface area contributed by atoms with Crippen molar-refractivity contribution >= 4 is 35.2 Å². The van der Waals surface area contributed by atoms with E-state index in [1.165, 1.54) is 0 Å². The number of aliphatic hydroxyl groups excluding tert-OH is 1. The number of benzene rings is 2. The zero-order chi connectivity index (χ0) is 30.3. The minimum atomic E-state index is -0.931. The van der Waals surface area contributed by atoms with E-state index in [1.54, 1.807) is 26.5 Å². The molecule has 2 aromatic carbocycles. The van der Waals surface area contributed by atoms with Crippen molar-refractivity contribution in [3.05, 3.63) is 84.5 Å². The molecule has 43 heavy (non-hydrogen) atoms. The lowest BCUT2D eigenvalue weighted by molar-refractivity contribution is -0.146. The predicted molar refractivity (Wildman–Crippen MR) is 168 cm³/mol. The molecule has 4 heterocycles. The molecule has 3 amide bonds. The Balaban J connectivity index is 1.41. The van der Waals surface area contributed by atoms with Crippen LogP contribution in [0.4, 0.5) is 5.69 Å². The Morgan fingerprint density at radius 3 is 2.40 bits per heavy atom. The zero-order valence-corrected chi connectivity index (χ0v) is 25.7. The highest BCUT2D eigenvalue weighted by Crippen LogP contribution is 2.61. The Bertz CT molecular complexity index is 1430. The van der Waals surface area contributed by atoms with Gasteiger partial charge in [0.1, 0.15) is 11.8 Å². The number of ether oxygens (including phenoxy) is 1. The summed E-state index contributed by atoms with van der Waals surface area (Å²) >= 11 is 1.56. The fraction of sp³-hybridized carbons (Fsp3) is 0.441. The van der Waals surface area contributed by atoms with Crippen molar-refractivity contribution in [2.45, 2.75) is 49.4 Å². The number of likely N-dealkylation sites (tertiary alicyclic amines) is 1. The molecule has 226 valence electrons. The molecule has 6 rings (SSSR count). The van der Waals surface area contributed by atoms with E-state index in [-0.39, 0.29) is 35.5 Å². The minimum Gasteiger partial charge on any atom is -0.494 e. The minimum absolute atomic E-state index is 0.0849. The maximum Gasteiger partial charge on any atom is 0.247 e. The van der Waals surface area contributed by atoms with Crippen molar-refractivity contribution in [2.75, 3.05) is 31.2 Å². The van der Waals surface area contributed by atoms with Crippen LogP contribution in [0.25, 0.3) is 0 Å². The number of carbonyl (C=O) groups is 3. The second-order valence-electron chi connectivity index (χ2n) is 12.0. The van der Waals surface area contributed by atoms with Gasteiger partial charge in [0, 0.05) is 30.6 Å². The van der Waals surface area contributed by atoms with Crippen molar-refractivity contribution in [2.24, 2.45) is 17.8 Å². The summed E-state index contributed by atoms with van der Waals surface area (Å²) in [6.45, 7) is 7.34. The third-order valence-electron chi connectivity index (χ3n) is 9.17. The summed E-state index contributed by atoms with van der Waals surface area (Å²) in [7, 11) is 0. The highest BCUT2D eigenvalue weighted by molar-refractivity contribution is 8.02. The van der Waals surface area contributed by atoms with Crippen LogP contribution >= 0.6 is 11.8 Å². The van der Waals surface area contributed by atoms with E-state index in [2.05, 4.69) is 0 Å². The number of nitrogens with zero attached hydrogens (tertiary/aromatic N) is 3. The molecular formula is C34H39N3O5S. The molecule has 0 aliphatic carbocycles. The van der Waals surface area contributed by atoms with Gasteiger partial charge < -0.3 is 24.5 Å². The highest BCUT2D eigenvalue weighted by Gasteiger charge is 2.71. The number of rotatable bonds is 8. The molecule has 1 spiro atoms. The molecule has 0 aromatic heterocycles. The standard InChI is InChI=1S/C34H39N3O5S/c1-4-42-25-15-13-24(14-16-25)36-19-8-12-27-28(31(36)39)29-32(40)37(26(21-38)22(2)3)30-33(41)35(18-9-17-34(29,30)43-27)20-23-10-6-5-7-11-23/h5-17,22,26-30,38H,4,18-21H2,1-3H3/t26-,27-,28+,29-,30?,34-/m0/s1. The van der Waals surface area contributed by atoms with Crippen molar-refractivity contribution in [3.8, 4) is 5.75 Å². The van der Waals surface area contributed by atoms with Gasteiger partial charge in [-0.05, 0) is 42.7 Å². The van der Waals surface area contributed by atoms with Crippen LogP contribution in [-0.2, 0) is 20.9 Å². The molecule has 0 radical (unpaired) electrons. The number of thioether (sulfide) groups is 1. The van der Waals surface area contributed by atoms with Gasteiger partial charge in [-0.3, -0.25) is 14.4 Å². The fourth-order valence-corrected chi connectivity index (χ4v) is 9.16.